The zero-order chi connectivity index (χ0) is 12.8. The van der Waals surface area contributed by atoms with E-state index in [1.54, 1.807) is 6.20 Å². The summed E-state index contributed by atoms with van der Waals surface area (Å²) >= 11 is 0. The molecule has 1 aromatic carbocycles. The minimum atomic E-state index is -0.209. The number of hydrogen-bond donors (Lipinski definition) is 1. The van der Waals surface area contributed by atoms with E-state index >= 15 is 0 Å². The SMILES string of the molecule is CCCN[C@H](c1ccc(F)cc1)c1cccnc1. The van der Waals surface area contributed by atoms with Crippen LogP contribution < -0.4 is 5.32 Å². The maximum absolute atomic E-state index is 13.0. The van der Waals surface area contributed by atoms with E-state index in [1.807, 2.05) is 30.5 Å². The maximum Gasteiger partial charge on any atom is 0.123 e. The van der Waals surface area contributed by atoms with Crippen molar-refractivity contribution in [2.45, 2.75) is 19.4 Å². The van der Waals surface area contributed by atoms with Gasteiger partial charge in [0.05, 0.1) is 6.04 Å². The number of benzene rings is 1. The molecule has 1 aromatic heterocycles. The number of nitrogens with one attached hydrogen (secondary N) is 1. The Kier molecular flexibility index (Phi) is 4.42. The van der Waals surface area contributed by atoms with Gasteiger partial charge in [-0.05, 0) is 42.3 Å². The Labute approximate surface area is 107 Å². The lowest BCUT2D eigenvalue weighted by Gasteiger charge is -2.19. The van der Waals surface area contributed by atoms with Crippen LogP contribution in [0.25, 0.3) is 0 Å². The molecule has 0 aliphatic carbocycles. The largest absolute Gasteiger partial charge is 0.306 e. The first kappa shape index (κ1) is 12.7. The third-order valence-corrected chi connectivity index (χ3v) is 2.82. The highest BCUT2D eigenvalue weighted by atomic mass is 19.1. The van der Waals surface area contributed by atoms with Crippen molar-refractivity contribution in [3.63, 3.8) is 0 Å². The van der Waals surface area contributed by atoms with Crippen LogP contribution >= 0.6 is 0 Å². The lowest BCUT2D eigenvalue weighted by atomic mass is 10.00. The normalized spacial score (nSPS) is 12.3. The molecule has 1 heterocycles. The average molecular weight is 244 g/mol. The molecule has 2 nitrogen and oxygen atoms in total. The van der Waals surface area contributed by atoms with Gasteiger partial charge in [0.2, 0.25) is 0 Å². The summed E-state index contributed by atoms with van der Waals surface area (Å²) in [4.78, 5) is 4.14. The van der Waals surface area contributed by atoms with E-state index in [4.69, 9.17) is 0 Å². The van der Waals surface area contributed by atoms with E-state index in [0.717, 1.165) is 24.1 Å². The lowest BCUT2D eigenvalue weighted by molar-refractivity contribution is 0.591. The van der Waals surface area contributed by atoms with Crippen LogP contribution in [-0.4, -0.2) is 11.5 Å². The molecule has 1 N–H and O–H groups in total. The van der Waals surface area contributed by atoms with Crippen molar-refractivity contribution in [1.82, 2.24) is 10.3 Å². The molecular formula is C15H17FN2. The highest BCUT2D eigenvalue weighted by Crippen LogP contribution is 2.21. The predicted octanol–water partition coefficient (Wildman–Crippen LogP) is 3.31. The molecule has 0 spiro atoms. The second-order valence-corrected chi connectivity index (χ2v) is 4.23. The van der Waals surface area contributed by atoms with Crippen molar-refractivity contribution in [3.05, 3.63) is 65.7 Å². The van der Waals surface area contributed by atoms with Gasteiger partial charge in [-0.1, -0.05) is 25.1 Å². The standard InChI is InChI=1S/C15H17FN2/c1-2-9-18-15(13-4-3-10-17-11-13)12-5-7-14(16)8-6-12/h3-8,10-11,15,18H,2,9H2,1H3/t15-/m1/s1. The van der Waals surface area contributed by atoms with Crippen molar-refractivity contribution in [1.29, 1.82) is 0 Å². The highest BCUT2D eigenvalue weighted by Gasteiger charge is 2.12. The van der Waals surface area contributed by atoms with Crippen LogP contribution in [0.2, 0.25) is 0 Å². The first-order valence-corrected chi connectivity index (χ1v) is 6.20. The number of aromatic nitrogens is 1. The summed E-state index contributed by atoms with van der Waals surface area (Å²) in [7, 11) is 0. The van der Waals surface area contributed by atoms with Gasteiger partial charge in [0.25, 0.3) is 0 Å². The fourth-order valence-electron chi connectivity index (χ4n) is 1.92. The zero-order valence-corrected chi connectivity index (χ0v) is 10.4. The van der Waals surface area contributed by atoms with Crippen molar-refractivity contribution in [2.75, 3.05) is 6.54 Å². The molecule has 0 saturated heterocycles. The predicted molar refractivity (Wildman–Crippen MR) is 70.8 cm³/mol. The molecule has 0 aliphatic heterocycles. The van der Waals surface area contributed by atoms with Gasteiger partial charge in [-0.25, -0.2) is 4.39 Å². The number of rotatable bonds is 5. The van der Waals surface area contributed by atoms with E-state index in [0.29, 0.717) is 0 Å². The minimum Gasteiger partial charge on any atom is -0.306 e. The summed E-state index contributed by atoms with van der Waals surface area (Å²) in [6, 6.07) is 10.6. The Morgan fingerprint density at radius 3 is 2.56 bits per heavy atom. The van der Waals surface area contributed by atoms with Crippen LogP contribution in [0, 0.1) is 5.82 Å². The Morgan fingerprint density at radius 2 is 1.94 bits per heavy atom. The molecule has 0 aliphatic rings. The monoisotopic (exact) mass is 244 g/mol. The molecule has 18 heavy (non-hydrogen) atoms. The summed E-state index contributed by atoms with van der Waals surface area (Å²) in [5, 5.41) is 3.46. The Morgan fingerprint density at radius 1 is 1.17 bits per heavy atom. The number of nitrogens with zero attached hydrogens (tertiary/aromatic N) is 1. The summed E-state index contributed by atoms with van der Waals surface area (Å²) in [6.45, 7) is 3.04. The second-order valence-electron chi connectivity index (χ2n) is 4.23. The third-order valence-electron chi connectivity index (χ3n) is 2.82. The molecule has 0 saturated carbocycles. The van der Waals surface area contributed by atoms with Crippen LogP contribution in [0.5, 0.6) is 0 Å². The average Bonchev–Trinajstić information content (AvgIpc) is 2.42. The van der Waals surface area contributed by atoms with Gasteiger partial charge in [-0.2, -0.15) is 0 Å². The topological polar surface area (TPSA) is 24.9 Å². The molecule has 3 heteroatoms. The smallest absolute Gasteiger partial charge is 0.123 e. The van der Waals surface area contributed by atoms with Gasteiger partial charge in [0.15, 0.2) is 0 Å². The molecule has 2 rings (SSSR count). The van der Waals surface area contributed by atoms with Crippen molar-refractivity contribution in [3.8, 4) is 0 Å². The quantitative estimate of drug-likeness (QED) is 0.872. The molecule has 1 atom stereocenters. The van der Waals surface area contributed by atoms with E-state index in [-0.39, 0.29) is 11.9 Å². The molecule has 0 bridgehead atoms. The highest BCUT2D eigenvalue weighted by molar-refractivity contribution is 5.30. The van der Waals surface area contributed by atoms with Crippen LogP contribution in [0.4, 0.5) is 4.39 Å². The fraction of sp³-hybridized carbons (Fsp3) is 0.267. The lowest BCUT2D eigenvalue weighted by Crippen LogP contribution is -2.23. The Balaban J connectivity index is 2.27. The first-order valence-electron chi connectivity index (χ1n) is 6.20. The molecular weight excluding hydrogens is 227 g/mol. The van der Waals surface area contributed by atoms with Crippen molar-refractivity contribution < 1.29 is 4.39 Å². The van der Waals surface area contributed by atoms with Gasteiger partial charge in [-0.3, -0.25) is 4.98 Å². The Hall–Kier alpha value is -1.74. The summed E-state index contributed by atoms with van der Waals surface area (Å²) in [6.07, 6.45) is 4.65. The maximum atomic E-state index is 13.0. The van der Waals surface area contributed by atoms with Gasteiger partial charge in [0, 0.05) is 12.4 Å². The van der Waals surface area contributed by atoms with Crippen molar-refractivity contribution >= 4 is 0 Å². The number of pyridine rings is 1. The third kappa shape index (κ3) is 3.14. The van der Waals surface area contributed by atoms with Crippen LogP contribution in [0.15, 0.2) is 48.8 Å². The minimum absolute atomic E-state index is 0.0687. The molecule has 0 unspecified atom stereocenters. The first-order chi connectivity index (χ1) is 8.81. The molecule has 0 radical (unpaired) electrons. The second kappa shape index (κ2) is 6.26. The molecule has 94 valence electrons. The van der Waals surface area contributed by atoms with E-state index in [1.165, 1.54) is 12.1 Å². The van der Waals surface area contributed by atoms with Crippen LogP contribution in [-0.2, 0) is 0 Å². The van der Waals surface area contributed by atoms with Gasteiger partial charge in [0.1, 0.15) is 5.82 Å². The molecule has 0 amide bonds. The van der Waals surface area contributed by atoms with Crippen LogP contribution in [0.3, 0.4) is 0 Å². The van der Waals surface area contributed by atoms with E-state index < -0.39 is 0 Å². The summed E-state index contributed by atoms with van der Waals surface area (Å²) in [5.74, 6) is -0.209. The Bertz CT molecular complexity index is 468. The zero-order valence-electron chi connectivity index (χ0n) is 10.4. The van der Waals surface area contributed by atoms with E-state index in [2.05, 4.69) is 17.2 Å². The van der Waals surface area contributed by atoms with Gasteiger partial charge < -0.3 is 5.32 Å². The van der Waals surface area contributed by atoms with E-state index in [9.17, 15) is 4.39 Å². The van der Waals surface area contributed by atoms with Crippen LogP contribution in [0.1, 0.15) is 30.5 Å². The van der Waals surface area contributed by atoms with Gasteiger partial charge >= 0.3 is 0 Å². The van der Waals surface area contributed by atoms with Gasteiger partial charge in [-0.15, -0.1) is 0 Å². The molecule has 2 aromatic rings. The summed E-state index contributed by atoms with van der Waals surface area (Å²) < 4.78 is 13.0. The number of halogens is 1. The number of hydrogen-bond acceptors (Lipinski definition) is 2. The fourth-order valence-corrected chi connectivity index (χ4v) is 1.92. The summed E-state index contributed by atoms with van der Waals surface area (Å²) in [5.41, 5.74) is 2.15. The molecule has 0 fully saturated rings. The van der Waals surface area contributed by atoms with Crippen molar-refractivity contribution in [2.24, 2.45) is 0 Å².